The van der Waals surface area contributed by atoms with Crippen molar-refractivity contribution in [2.45, 2.75) is 39.3 Å². The first-order valence-electron chi connectivity index (χ1n) is 6.63. The molecular formula is C15H24N2. The van der Waals surface area contributed by atoms with Crippen LogP contribution in [0.15, 0.2) is 18.2 Å². The summed E-state index contributed by atoms with van der Waals surface area (Å²) < 4.78 is 0. The van der Waals surface area contributed by atoms with Crippen LogP contribution in [0.4, 0.5) is 0 Å². The number of rotatable bonds is 4. The van der Waals surface area contributed by atoms with Crippen LogP contribution in [0.3, 0.4) is 0 Å². The Kier molecular flexibility index (Phi) is 4.19. The van der Waals surface area contributed by atoms with E-state index in [1.54, 1.807) is 0 Å². The minimum Gasteiger partial charge on any atom is -0.313 e. The number of hydrogen-bond donors (Lipinski definition) is 1. The summed E-state index contributed by atoms with van der Waals surface area (Å²) in [4.78, 5) is 2.44. The summed E-state index contributed by atoms with van der Waals surface area (Å²) >= 11 is 0. The Balaban J connectivity index is 1.92. The predicted molar refractivity (Wildman–Crippen MR) is 73.3 cm³/mol. The summed E-state index contributed by atoms with van der Waals surface area (Å²) in [6.07, 6.45) is 2.67. The Bertz CT molecular complexity index is 367. The van der Waals surface area contributed by atoms with Crippen LogP contribution < -0.4 is 5.32 Å². The normalized spacial score (nSPS) is 20.1. The summed E-state index contributed by atoms with van der Waals surface area (Å²) in [6.45, 7) is 7.79. The van der Waals surface area contributed by atoms with Gasteiger partial charge in [-0.2, -0.15) is 0 Å². The highest BCUT2D eigenvalue weighted by molar-refractivity contribution is 5.30. The van der Waals surface area contributed by atoms with E-state index in [1.807, 2.05) is 0 Å². The zero-order valence-electron chi connectivity index (χ0n) is 11.3. The van der Waals surface area contributed by atoms with Gasteiger partial charge in [-0.25, -0.2) is 0 Å². The Morgan fingerprint density at radius 3 is 2.88 bits per heavy atom. The van der Waals surface area contributed by atoms with Gasteiger partial charge in [-0.05, 0) is 51.4 Å². The third-order valence-corrected chi connectivity index (χ3v) is 3.64. The zero-order chi connectivity index (χ0) is 12.3. The van der Waals surface area contributed by atoms with Crippen LogP contribution >= 0.6 is 0 Å². The largest absolute Gasteiger partial charge is 0.313 e. The van der Waals surface area contributed by atoms with E-state index in [-0.39, 0.29) is 0 Å². The minimum atomic E-state index is 0.699. The molecule has 2 nitrogen and oxygen atoms in total. The number of nitrogens with zero attached hydrogens (tertiary/aromatic N) is 1. The van der Waals surface area contributed by atoms with Crippen molar-refractivity contribution < 1.29 is 0 Å². The maximum Gasteiger partial charge on any atom is 0.0234 e. The summed E-state index contributed by atoms with van der Waals surface area (Å²) in [6, 6.07) is 7.43. The maximum atomic E-state index is 3.56. The molecule has 0 saturated carbocycles. The molecule has 17 heavy (non-hydrogen) atoms. The molecule has 1 aliphatic heterocycles. The fourth-order valence-corrected chi connectivity index (χ4v) is 2.61. The standard InChI is InChI=1S/C15H24N2/c1-12-6-7-13(2)14(9-12)10-17(3)11-15-5-4-8-16-15/h6-7,9,15-16H,4-5,8,10-11H2,1-3H3. The smallest absolute Gasteiger partial charge is 0.0234 e. The molecule has 1 unspecified atom stereocenters. The van der Waals surface area contributed by atoms with Crippen LogP contribution in [0.1, 0.15) is 29.5 Å². The van der Waals surface area contributed by atoms with Gasteiger partial charge in [0.25, 0.3) is 0 Å². The molecule has 0 spiro atoms. The van der Waals surface area contributed by atoms with E-state index >= 15 is 0 Å². The van der Waals surface area contributed by atoms with Gasteiger partial charge in [-0.15, -0.1) is 0 Å². The number of likely N-dealkylation sites (N-methyl/N-ethyl adjacent to an activating group) is 1. The predicted octanol–water partition coefficient (Wildman–Crippen LogP) is 2.49. The molecule has 0 amide bonds. The first-order valence-corrected chi connectivity index (χ1v) is 6.63. The molecule has 1 aromatic carbocycles. The van der Waals surface area contributed by atoms with Crippen molar-refractivity contribution in [1.29, 1.82) is 0 Å². The van der Waals surface area contributed by atoms with E-state index in [1.165, 1.54) is 36.1 Å². The van der Waals surface area contributed by atoms with Gasteiger partial charge in [0, 0.05) is 19.1 Å². The maximum absolute atomic E-state index is 3.56. The van der Waals surface area contributed by atoms with Crippen LogP contribution in [0.2, 0.25) is 0 Å². The number of hydrogen-bond acceptors (Lipinski definition) is 2. The van der Waals surface area contributed by atoms with Gasteiger partial charge in [0.1, 0.15) is 0 Å². The van der Waals surface area contributed by atoms with Crippen LogP contribution in [-0.2, 0) is 6.54 Å². The average Bonchev–Trinajstić information content (AvgIpc) is 2.76. The molecule has 2 heteroatoms. The topological polar surface area (TPSA) is 15.3 Å². The average molecular weight is 232 g/mol. The summed E-state index contributed by atoms with van der Waals surface area (Å²) in [7, 11) is 2.22. The molecule has 1 heterocycles. The van der Waals surface area contributed by atoms with Crippen molar-refractivity contribution in [2.75, 3.05) is 20.1 Å². The monoisotopic (exact) mass is 232 g/mol. The van der Waals surface area contributed by atoms with Gasteiger partial charge < -0.3 is 10.2 Å². The lowest BCUT2D eigenvalue weighted by molar-refractivity contribution is 0.292. The lowest BCUT2D eigenvalue weighted by Gasteiger charge is -2.22. The Labute approximate surface area is 105 Å². The Hall–Kier alpha value is -0.860. The molecule has 1 aromatic rings. The molecule has 1 aliphatic rings. The van der Waals surface area contributed by atoms with Crippen LogP contribution in [-0.4, -0.2) is 31.1 Å². The van der Waals surface area contributed by atoms with Crippen LogP contribution in [0.5, 0.6) is 0 Å². The first kappa shape index (κ1) is 12.6. The molecule has 1 N–H and O–H groups in total. The summed E-state index contributed by atoms with van der Waals surface area (Å²) in [5.41, 5.74) is 4.23. The third kappa shape index (κ3) is 3.55. The third-order valence-electron chi connectivity index (χ3n) is 3.64. The summed E-state index contributed by atoms with van der Waals surface area (Å²) in [5, 5.41) is 3.56. The second-order valence-corrected chi connectivity index (χ2v) is 5.42. The molecule has 1 fully saturated rings. The molecule has 0 radical (unpaired) electrons. The lowest BCUT2D eigenvalue weighted by atomic mass is 10.1. The van der Waals surface area contributed by atoms with Crippen LogP contribution in [0, 0.1) is 13.8 Å². The quantitative estimate of drug-likeness (QED) is 0.858. The first-order chi connectivity index (χ1) is 8.15. The highest BCUT2D eigenvalue weighted by Gasteiger charge is 2.16. The van der Waals surface area contributed by atoms with E-state index < -0.39 is 0 Å². The van der Waals surface area contributed by atoms with E-state index in [0.29, 0.717) is 6.04 Å². The van der Waals surface area contributed by atoms with Crippen molar-refractivity contribution in [2.24, 2.45) is 0 Å². The highest BCUT2D eigenvalue weighted by atomic mass is 15.1. The molecule has 0 aromatic heterocycles. The fourth-order valence-electron chi connectivity index (χ4n) is 2.61. The number of nitrogens with one attached hydrogen (secondary N) is 1. The van der Waals surface area contributed by atoms with E-state index in [0.717, 1.165) is 13.1 Å². The van der Waals surface area contributed by atoms with Gasteiger partial charge in [0.2, 0.25) is 0 Å². The van der Waals surface area contributed by atoms with Crippen molar-refractivity contribution in [3.63, 3.8) is 0 Å². The molecule has 2 rings (SSSR count). The molecule has 1 saturated heterocycles. The highest BCUT2D eigenvalue weighted by Crippen LogP contribution is 2.14. The van der Waals surface area contributed by atoms with Gasteiger partial charge in [0.05, 0.1) is 0 Å². The molecule has 1 atom stereocenters. The van der Waals surface area contributed by atoms with Gasteiger partial charge in [-0.3, -0.25) is 0 Å². The van der Waals surface area contributed by atoms with Gasteiger partial charge in [-0.1, -0.05) is 23.8 Å². The van der Waals surface area contributed by atoms with Crippen LogP contribution in [0.25, 0.3) is 0 Å². The Morgan fingerprint density at radius 1 is 1.35 bits per heavy atom. The molecule has 0 bridgehead atoms. The minimum absolute atomic E-state index is 0.699. The number of aryl methyl sites for hydroxylation is 2. The number of benzene rings is 1. The lowest BCUT2D eigenvalue weighted by Crippen LogP contribution is -2.35. The molecule has 0 aliphatic carbocycles. The van der Waals surface area contributed by atoms with Crippen molar-refractivity contribution in [3.05, 3.63) is 34.9 Å². The van der Waals surface area contributed by atoms with E-state index in [2.05, 4.69) is 49.3 Å². The van der Waals surface area contributed by atoms with Gasteiger partial charge in [0.15, 0.2) is 0 Å². The second-order valence-electron chi connectivity index (χ2n) is 5.42. The Morgan fingerprint density at radius 2 is 2.18 bits per heavy atom. The van der Waals surface area contributed by atoms with Crippen molar-refractivity contribution >= 4 is 0 Å². The van der Waals surface area contributed by atoms with E-state index in [9.17, 15) is 0 Å². The van der Waals surface area contributed by atoms with E-state index in [4.69, 9.17) is 0 Å². The molecular weight excluding hydrogens is 208 g/mol. The summed E-state index contributed by atoms with van der Waals surface area (Å²) in [5.74, 6) is 0. The molecule has 94 valence electrons. The van der Waals surface area contributed by atoms with Gasteiger partial charge >= 0.3 is 0 Å². The fraction of sp³-hybridized carbons (Fsp3) is 0.600. The van der Waals surface area contributed by atoms with Crippen molar-refractivity contribution in [1.82, 2.24) is 10.2 Å². The zero-order valence-corrected chi connectivity index (χ0v) is 11.3. The SMILES string of the molecule is Cc1ccc(C)c(CN(C)CC2CCCN2)c1. The second kappa shape index (κ2) is 5.65. The van der Waals surface area contributed by atoms with Crippen molar-refractivity contribution in [3.8, 4) is 0 Å².